The van der Waals surface area contributed by atoms with Crippen molar-refractivity contribution < 1.29 is 17.9 Å². The van der Waals surface area contributed by atoms with Gasteiger partial charge in [-0.3, -0.25) is 4.79 Å². The van der Waals surface area contributed by atoms with Gasteiger partial charge in [-0.2, -0.15) is 4.72 Å². The van der Waals surface area contributed by atoms with E-state index in [1.54, 1.807) is 31.6 Å². The lowest BCUT2D eigenvalue weighted by molar-refractivity contribution is -0.122. The molecule has 0 fully saturated rings. The first-order valence-corrected chi connectivity index (χ1v) is 11.8. The number of sulfonamides is 1. The third-order valence-electron chi connectivity index (χ3n) is 4.96. The van der Waals surface area contributed by atoms with Crippen molar-refractivity contribution in [2.24, 2.45) is 0 Å². The molecule has 0 unspecified atom stereocenters. The number of aromatic nitrogens is 2. The van der Waals surface area contributed by atoms with Gasteiger partial charge in [0.05, 0.1) is 13.4 Å². The average molecular weight is 457 g/mol. The highest BCUT2D eigenvalue weighted by atomic mass is 32.2. The lowest BCUT2D eigenvalue weighted by Crippen LogP contribution is -2.48. The van der Waals surface area contributed by atoms with E-state index in [1.807, 2.05) is 41.1 Å². The second kappa shape index (κ2) is 10.9. The SMILES string of the molecule is COc1ccc(C)cc1S(=O)(=O)N[C@@H](Cc1ccccc1)C(=O)NCCCn1ccnc1. The first-order chi connectivity index (χ1) is 15.4. The second-order valence-corrected chi connectivity index (χ2v) is 9.15. The topological polar surface area (TPSA) is 102 Å². The number of carbonyl (C=O) groups excluding carboxylic acids is 1. The van der Waals surface area contributed by atoms with Crippen molar-refractivity contribution in [3.05, 3.63) is 78.4 Å². The zero-order valence-electron chi connectivity index (χ0n) is 18.2. The van der Waals surface area contributed by atoms with Gasteiger partial charge < -0.3 is 14.6 Å². The van der Waals surface area contributed by atoms with Crippen LogP contribution >= 0.6 is 0 Å². The van der Waals surface area contributed by atoms with E-state index in [0.29, 0.717) is 19.5 Å². The van der Waals surface area contributed by atoms with Crippen LogP contribution in [0.3, 0.4) is 0 Å². The molecule has 1 amide bonds. The Balaban J connectivity index is 1.74. The Hall–Kier alpha value is -3.17. The number of ether oxygens (including phenoxy) is 1. The molecule has 3 rings (SSSR count). The molecule has 0 spiro atoms. The summed E-state index contributed by atoms with van der Waals surface area (Å²) >= 11 is 0. The summed E-state index contributed by atoms with van der Waals surface area (Å²) in [5, 5.41) is 2.85. The van der Waals surface area contributed by atoms with E-state index in [9.17, 15) is 13.2 Å². The maximum Gasteiger partial charge on any atom is 0.244 e. The van der Waals surface area contributed by atoms with Gasteiger partial charge in [0, 0.05) is 25.5 Å². The van der Waals surface area contributed by atoms with Gasteiger partial charge in [-0.05, 0) is 43.0 Å². The zero-order valence-corrected chi connectivity index (χ0v) is 19.0. The third kappa shape index (κ3) is 6.41. The summed E-state index contributed by atoms with van der Waals surface area (Å²) in [6.45, 7) is 2.92. The molecule has 0 saturated heterocycles. The summed E-state index contributed by atoms with van der Waals surface area (Å²) in [5.41, 5.74) is 1.62. The minimum atomic E-state index is -4.00. The van der Waals surface area contributed by atoms with Gasteiger partial charge in [0.25, 0.3) is 0 Å². The molecule has 32 heavy (non-hydrogen) atoms. The van der Waals surface area contributed by atoms with Crippen molar-refractivity contribution in [1.82, 2.24) is 19.6 Å². The molecule has 9 heteroatoms. The zero-order chi connectivity index (χ0) is 23.0. The quantitative estimate of drug-likeness (QED) is 0.431. The maximum atomic E-state index is 13.2. The van der Waals surface area contributed by atoms with Crippen molar-refractivity contribution in [3.63, 3.8) is 0 Å². The summed E-state index contributed by atoms with van der Waals surface area (Å²) in [4.78, 5) is 16.9. The van der Waals surface area contributed by atoms with E-state index in [-0.39, 0.29) is 23.0 Å². The van der Waals surface area contributed by atoms with Crippen molar-refractivity contribution in [2.75, 3.05) is 13.7 Å². The molecule has 8 nitrogen and oxygen atoms in total. The fourth-order valence-electron chi connectivity index (χ4n) is 3.30. The number of imidazole rings is 1. The first-order valence-electron chi connectivity index (χ1n) is 10.3. The van der Waals surface area contributed by atoms with Crippen molar-refractivity contribution >= 4 is 15.9 Å². The lowest BCUT2D eigenvalue weighted by Gasteiger charge is -2.20. The molecule has 1 atom stereocenters. The van der Waals surface area contributed by atoms with E-state index in [0.717, 1.165) is 11.1 Å². The van der Waals surface area contributed by atoms with Crippen molar-refractivity contribution in [2.45, 2.75) is 37.2 Å². The number of amides is 1. The Morgan fingerprint density at radius 2 is 1.97 bits per heavy atom. The summed E-state index contributed by atoms with van der Waals surface area (Å²) < 4.78 is 36.1. The molecule has 0 saturated carbocycles. The van der Waals surface area contributed by atoms with Gasteiger partial charge in [-0.25, -0.2) is 13.4 Å². The summed E-state index contributed by atoms with van der Waals surface area (Å²) in [7, 11) is -2.59. The number of hydrogen-bond acceptors (Lipinski definition) is 5. The summed E-state index contributed by atoms with van der Waals surface area (Å²) in [6, 6.07) is 13.2. The summed E-state index contributed by atoms with van der Waals surface area (Å²) in [6.07, 6.45) is 6.18. The average Bonchev–Trinajstić information content (AvgIpc) is 3.30. The third-order valence-corrected chi connectivity index (χ3v) is 6.45. The highest BCUT2D eigenvalue weighted by Crippen LogP contribution is 2.25. The highest BCUT2D eigenvalue weighted by Gasteiger charge is 2.28. The van der Waals surface area contributed by atoms with Gasteiger partial charge in [0.1, 0.15) is 16.7 Å². The Morgan fingerprint density at radius 1 is 1.19 bits per heavy atom. The monoisotopic (exact) mass is 456 g/mol. The largest absolute Gasteiger partial charge is 0.495 e. The molecular weight excluding hydrogens is 428 g/mol. The van der Waals surface area contributed by atoms with Crippen LogP contribution in [-0.2, 0) is 27.8 Å². The molecule has 1 aromatic heterocycles. The number of carbonyl (C=O) groups is 1. The van der Waals surface area contributed by atoms with Crippen LogP contribution in [0.1, 0.15) is 17.5 Å². The molecule has 0 aliphatic heterocycles. The van der Waals surface area contributed by atoms with Crippen LogP contribution in [-0.4, -0.2) is 43.6 Å². The van der Waals surface area contributed by atoms with Crippen molar-refractivity contribution in [3.8, 4) is 5.75 Å². The Kier molecular flexibility index (Phi) is 8.02. The lowest BCUT2D eigenvalue weighted by atomic mass is 10.1. The number of nitrogens with one attached hydrogen (secondary N) is 2. The predicted molar refractivity (Wildman–Crippen MR) is 122 cm³/mol. The second-order valence-electron chi connectivity index (χ2n) is 7.46. The van der Waals surface area contributed by atoms with Gasteiger partial charge in [0.2, 0.25) is 15.9 Å². The van der Waals surface area contributed by atoms with E-state index >= 15 is 0 Å². The van der Waals surface area contributed by atoms with Crippen LogP contribution in [0, 0.1) is 6.92 Å². The number of rotatable bonds is 11. The predicted octanol–water partition coefficient (Wildman–Crippen LogP) is 2.30. The van der Waals surface area contributed by atoms with Gasteiger partial charge >= 0.3 is 0 Å². The van der Waals surface area contributed by atoms with Crippen LogP contribution in [0.5, 0.6) is 5.75 Å². The van der Waals surface area contributed by atoms with E-state index in [4.69, 9.17) is 4.74 Å². The minimum Gasteiger partial charge on any atom is -0.495 e. The van der Waals surface area contributed by atoms with Gasteiger partial charge in [-0.15, -0.1) is 0 Å². The van der Waals surface area contributed by atoms with Crippen LogP contribution in [0.25, 0.3) is 0 Å². The Morgan fingerprint density at radius 3 is 2.66 bits per heavy atom. The number of hydrogen-bond donors (Lipinski definition) is 2. The van der Waals surface area contributed by atoms with E-state index in [2.05, 4.69) is 15.0 Å². The van der Waals surface area contributed by atoms with Gasteiger partial charge in [0.15, 0.2) is 0 Å². The highest BCUT2D eigenvalue weighted by molar-refractivity contribution is 7.89. The molecule has 2 aromatic carbocycles. The number of aryl methyl sites for hydroxylation is 2. The fourth-order valence-corrected chi connectivity index (χ4v) is 4.75. The van der Waals surface area contributed by atoms with E-state index in [1.165, 1.54) is 13.2 Å². The normalized spacial score (nSPS) is 12.3. The summed E-state index contributed by atoms with van der Waals surface area (Å²) in [5.74, 6) is -0.156. The molecule has 0 aliphatic carbocycles. The van der Waals surface area contributed by atoms with Crippen LogP contribution in [0.2, 0.25) is 0 Å². The smallest absolute Gasteiger partial charge is 0.244 e. The van der Waals surface area contributed by atoms with E-state index < -0.39 is 16.1 Å². The number of nitrogens with zero attached hydrogens (tertiary/aromatic N) is 2. The Bertz CT molecular complexity index is 1120. The molecule has 0 bridgehead atoms. The molecule has 1 heterocycles. The standard InChI is InChI=1S/C23H28N4O4S/c1-18-9-10-21(31-2)22(15-18)32(29,30)26-20(16-19-7-4-3-5-8-19)23(28)25-11-6-13-27-14-12-24-17-27/h3-5,7-10,12,14-15,17,20,26H,6,11,13,16H2,1-2H3,(H,25,28)/t20-/m0/s1. The minimum absolute atomic E-state index is 0.00553. The molecule has 0 radical (unpaired) electrons. The molecule has 3 aromatic rings. The van der Waals surface area contributed by atoms with Gasteiger partial charge in [-0.1, -0.05) is 36.4 Å². The van der Waals surface area contributed by atoms with Crippen molar-refractivity contribution in [1.29, 1.82) is 0 Å². The first kappa shape index (κ1) is 23.5. The molecular formula is C23H28N4O4S. The number of benzene rings is 2. The molecule has 2 N–H and O–H groups in total. The fraction of sp³-hybridized carbons (Fsp3) is 0.304. The van der Waals surface area contributed by atoms with Crippen LogP contribution < -0.4 is 14.8 Å². The van der Waals surface area contributed by atoms with Crippen LogP contribution in [0.15, 0.2) is 72.1 Å². The van der Waals surface area contributed by atoms with Crippen LogP contribution in [0.4, 0.5) is 0 Å². The maximum absolute atomic E-state index is 13.2. The molecule has 0 aliphatic rings. The number of methoxy groups -OCH3 is 1. The Labute approximate surface area is 188 Å². The molecule has 170 valence electrons.